The molecule has 0 bridgehead atoms. The highest BCUT2D eigenvalue weighted by Crippen LogP contribution is 2.35. The van der Waals surface area contributed by atoms with Crippen molar-refractivity contribution >= 4 is 45.9 Å². The Hall–Kier alpha value is -3.76. The van der Waals surface area contributed by atoms with Crippen LogP contribution >= 0.6 is 11.6 Å². The summed E-state index contributed by atoms with van der Waals surface area (Å²) in [5, 5.41) is 9.89. The normalized spacial score (nSPS) is 17.3. The molecule has 198 valence electrons. The smallest absolute Gasteiger partial charge is 0.263 e. The number of pyridine rings is 2. The maximum atomic E-state index is 13.3. The van der Waals surface area contributed by atoms with Crippen LogP contribution in [0, 0.1) is 6.92 Å². The molecule has 4 heterocycles. The SMILES string of the molecule is Cc1c(Nc2cc[nH]c(=O)c2C(=O)Nc2ccc(N3CCN(C4CC4)CC3)c(Cl)c2)cnc2c1NCCO2. The zero-order valence-electron chi connectivity index (χ0n) is 21.1. The van der Waals surface area contributed by atoms with Crippen LogP contribution in [0.25, 0.3) is 0 Å². The second kappa shape index (κ2) is 10.2. The number of piperazine rings is 1. The van der Waals surface area contributed by atoms with Crippen molar-refractivity contribution < 1.29 is 9.53 Å². The summed E-state index contributed by atoms with van der Waals surface area (Å²) >= 11 is 6.64. The number of ether oxygens (including phenoxy) is 1. The van der Waals surface area contributed by atoms with E-state index in [9.17, 15) is 9.59 Å². The fraction of sp³-hybridized carbons (Fsp3) is 0.370. The van der Waals surface area contributed by atoms with E-state index in [-0.39, 0.29) is 5.56 Å². The van der Waals surface area contributed by atoms with Crippen LogP contribution in [0.4, 0.5) is 28.4 Å². The Morgan fingerprint density at radius 2 is 1.97 bits per heavy atom. The monoisotopic (exact) mass is 535 g/mol. The highest BCUT2D eigenvalue weighted by Gasteiger charge is 2.31. The summed E-state index contributed by atoms with van der Waals surface area (Å²) in [5.74, 6) is -0.00506. The van der Waals surface area contributed by atoms with E-state index in [0.29, 0.717) is 41.1 Å². The first-order chi connectivity index (χ1) is 18.5. The minimum absolute atomic E-state index is 0.0368. The van der Waals surface area contributed by atoms with Gasteiger partial charge in [-0.2, -0.15) is 0 Å². The number of amides is 1. The minimum atomic E-state index is -0.541. The van der Waals surface area contributed by atoms with Gasteiger partial charge in [0.2, 0.25) is 5.88 Å². The lowest BCUT2D eigenvalue weighted by Crippen LogP contribution is -2.47. The number of benzene rings is 1. The maximum absolute atomic E-state index is 13.3. The lowest BCUT2D eigenvalue weighted by Gasteiger charge is -2.36. The van der Waals surface area contributed by atoms with Crippen molar-refractivity contribution in [2.75, 3.05) is 60.2 Å². The number of aromatic nitrogens is 2. The number of nitrogens with one attached hydrogen (secondary N) is 4. The molecule has 3 aliphatic rings. The number of halogens is 1. The van der Waals surface area contributed by atoms with Gasteiger partial charge in [-0.3, -0.25) is 14.5 Å². The fourth-order valence-electron chi connectivity index (χ4n) is 5.10. The van der Waals surface area contributed by atoms with Gasteiger partial charge in [-0.05, 0) is 44.0 Å². The average molecular weight is 536 g/mol. The standard InChI is InChI=1S/C27H30ClN7O3/c1-16-21(15-31-27-24(16)29-8-13-38-27)33-20-6-7-30-25(36)23(20)26(37)32-17-2-5-22(19(28)14-17)35-11-9-34(10-12-35)18-3-4-18/h2,5-7,14-15,18,29H,3-4,8-13H2,1H3,(H,32,37)(H2,30,33,36). The topological polar surface area (TPSA) is 115 Å². The summed E-state index contributed by atoms with van der Waals surface area (Å²) in [5.41, 5.74) is 3.62. The Kier molecular flexibility index (Phi) is 6.59. The van der Waals surface area contributed by atoms with Gasteiger partial charge >= 0.3 is 0 Å². The molecule has 1 amide bonds. The van der Waals surface area contributed by atoms with Gasteiger partial charge in [0.15, 0.2) is 0 Å². The fourth-order valence-corrected chi connectivity index (χ4v) is 5.40. The highest BCUT2D eigenvalue weighted by molar-refractivity contribution is 6.33. The van der Waals surface area contributed by atoms with Crippen LogP contribution in [0.15, 0.2) is 41.5 Å². The predicted molar refractivity (Wildman–Crippen MR) is 150 cm³/mol. The zero-order chi connectivity index (χ0) is 26.2. The Labute approximate surface area is 225 Å². The molecule has 4 N–H and O–H groups in total. The van der Waals surface area contributed by atoms with Gasteiger partial charge < -0.3 is 30.6 Å². The van der Waals surface area contributed by atoms with Crippen molar-refractivity contribution in [2.45, 2.75) is 25.8 Å². The molecular weight excluding hydrogens is 506 g/mol. The van der Waals surface area contributed by atoms with Crippen molar-refractivity contribution in [1.29, 1.82) is 0 Å². The lowest BCUT2D eigenvalue weighted by molar-refractivity contribution is 0.102. The molecule has 2 aliphatic heterocycles. The molecule has 0 radical (unpaired) electrons. The largest absolute Gasteiger partial charge is 0.474 e. The molecule has 1 aliphatic carbocycles. The van der Waals surface area contributed by atoms with Crippen LogP contribution in [0.1, 0.15) is 28.8 Å². The van der Waals surface area contributed by atoms with Gasteiger partial charge in [-0.25, -0.2) is 4.98 Å². The zero-order valence-corrected chi connectivity index (χ0v) is 21.9. The summed E-state index contributed by atoms with van der Waals surface area (Å²) in [7, 11) is 0. The molecule has 0 atom stereocenters. The van der Waals surface area contributed by atoms with Gasteiger partial charge in [0.25, 0.3) is 11.5 Å². The highest BCUT2D eigenvalue weighted by atomic mass is 35.5. The number of rotatable bonds is 6. The maximum Gasteiger partial charge on any atom is 0.263 e. The number of anilines is 5. The molecule has 3 aromatic rings. The molecule has 1 saturated heterocycles. The van der Waals surface area contributed by atoms with E-state index in [2.05, 4.69) is 35.7 Å². The van der Waals surface area contributed by atoms with Crippen molar-refractivity contribution in [3.8, 4) is 5.88 Å². The van der Waals surface area contributed by atoms with Crippen molar-refractivity contribution in [3.63, 3.8) is 0 Å². The summed E-state index contributed by atoms with van der Waals surface area (Å²) in [6.07, 6.45) is 5.75. The number of carbonyl (C=O) groups is 1. The van der Waals surface area contributed by atoms with Crippen LogP contribution in [-0.4, -0.2) is 66.1 Å². The molecule has 0 spiro atoms. The van der Waals surface area contributed by atoms with E-state index in [4.69, 9.17) is 16.3 Å². The lowest BCUT2D eigenvalue weighted by atomic mass is 10.1. The molecule has 11 heteroatoms. The molecule has 1 aromatic carbocycles. The summed E-state index contributed by atoms with van der Waals surface area (Å²) in [4.78, 5) is 37.8. The molecule has 38 heavy (non-hydrogen) atoms. The first-order valence-electron chi connectivity index (χ1n) is 12.9. The number of fused-ring (bicyclic) bond motifs is 1. The first kappa shape index (κ1) is 24.6. The Balaban J connectivity index is 1.19. The third kappa shape index (κ3) is 4.89. The van der Waals surface area contributed by atoms with Crippen LogP contribution in [0.3, 0.4) is 0 Å². The van der Waals surface area contributed by atoms with Crippen LogP contribution < -0.4 is 31.1 Å². The third-order valence-corrected chi connectivity index (χ3v) is 7.63. The minimum Gasteiger partial charge on any atom is -0.474 e. The summed E-state index contributed by atoms with van der Waals surface area (Å²) < 4.78 is 5.59. The number of carbonyl (C=O) groups excluding carboxylic acids is 1. The molecule has 6 rings (SSSR count). The molecular formula is C27H30ClN7O3. The number of nitrogens with zero attached hydrogens (tertiary/aromatic N) is 3. The Bertz CT molecular complexity index is 1430. The van der Waals surface area contributed by atoms with Crippen LogP contribution in [0.2, 0.25) is 5.02 Å². The molecule has 0 unspecified atom stereocenters. The number of H-pyrrole nitrogens is 1. The van der Waals surface area contributed by atoms with Crippen LogP contribution in [0.5, 0.6) is 5.88 Å². The van der Waals surface area contributed by atoms with Gasteiger partial charge in [-0.15, -0.1) is 0 Å². The second-order valence-electron chi connectivity index (χ2n) is 9.85. The summed E-state index contributed by atoms with van der Waals surface area (Å²) in [6, 6.07) is 7.89. The molecule has 10 nitrogen and oxygen atoms in total. The van der Waals surface area contributed by atoms with Crippen molar-refractivity contribution in [3.05, 3.63) is 63.2 Å². The number of aromatic amines is 1. The van der Waals surface area contributed by atoms with Gasteiger partial charge in [0.1, 0.15) is 17.9 Å². The van der Waals surface area contributed by atoms with E-state index in [0.717, 1.165) is 49.2 Å². The number of hydrogen-bond donors (Lipinski definition) is 4. The van der Waals surface area contributed by atoms with Crippen molar-refractivity contribution in [1.82, 2.24) is 14.9 Å². The quantitative estimate of drug-likeness (QED) is 0.377. The Morgan fingerprint density at radius 1 is 1.16 bits per heavy atom. The third-order valence-electron chi connectivity index (χ3n) is 7.33. The summed E-state index contributed by atoms with van der Waals surface area (Å²) in [6.45, 7) is 7.07. The van der Waals surface area contributed by atoms with E-state index in [1.165, 1.54) is 19.0 Å². The first-order valence-corrected chi connectivity index (χ1v) is 13.3. The van der Waals surface area contributed by atoms with E-state index >= 15 is 0 Å². The molecule has 1 saturated carbocycles. The number of hydrogen-bond acceptors (Lipinski definition) is 8. The van der Waals surface area contributed by atoms with Crippen molar-refractivity contribution in [2.24, 2.45) is 0 Å². The van der Waals surface area contributed by atoms with E-state index in [1.54, 1.807) is 18.3 Å². The molecule has 2 fully saturated rings. The molecule has 2 aromatic heterocycles. The van der Waals surface area contributed by atoms with Gasteiger partial charge in [0, 0.05) is 56.2 Å². The van der Waals surface area contributed by atoms with Crippen LogP contribution in [-0.2, 0) is 0 Å². The van der Waals surface area contributed by atoms with E-state index < -0.39 is 11.5 Å². The van der Waals surface area contributed by atoms with E-state index in [1.807, 2.05) is 19.1 Å². The predicted octanol–water partition coefficient (Wildman–Crippen LogP) is 3.82. The second-order valence-corrected chi connectivity index (χ2v) is 10.3. The van der Waals surface area contributed by atoms with Gasteiger partial charge in [-0.1, -0.05) is 11.6 Å². The average Bonchev–Trinajstić information content (AvgIpc) is 3.76. The Morgan fingerprint density at radius 3 is 2.74 bits per heavy atom. The van der Waals surface area contributed by atoms with Gasteiger partial charge in [0.05, 0.1) is 28.3 Å².